The second-order valence-electron chi connectivity index (χ2n) is 5.35. The van der Waals surface area contributed by atoms with Crippen molar-refractivity contribution in [3.63, 3.8) is 0 Å². The highest BCUT2D eigenvalue weighted by atomic mass is 32.1. The van der Waals surface area contributed by atoms with Crippen molar-refractivity contribution in [2.24, 2.45) is 0 Å². The van der Waals surface area contributed by atoms with Crippen molar-refractivity contribution in [1.82, 2.24) is 25.3 Å². The molecular weight excluding hydrogens is 318 g/mol. The van der Waals surface area contributed by atoms with Crippen LogP contribution >= 0.6 is 11.3 Å². The molecule has 2 amide bonds. The first-order valence-corrected chi connectivity index (χ1v) is 8.35. The molecule has 1 saturated heterocycles. The van der Waals surface area contributed by atoms with Gasteiger partial charge in [0.1, 0.15) is 11.1 Å². The summed E-state index contributed by atoms with van der Waals surface area (Å²) < 4.78 is 10.7. The molecule has 2 aromatic rings. The van der Waals surface area contributed by atoms with Crippen molar-refractivity contribution >= 4 is 17.4 Å². The molecule has 3 heterocycles. The van der Waals surface area contributed by atoms with Gasteiger partial charge in [-0.15, -0.1) is 11.3 Å². The summed E-state index contributed by atoms with van der Waals surface area (Å²) in [6.07, 6.45) is 0.373. The Morgan fingerprint density at radius 1 is 1.48 bits per heavy atom. The van der Waals surface area contributed by atoms with E-state index in [0.29, 0.717) is 44.4 Å². The summed E-state index contributed by atoms with van der Waals surface area (Å²) in [5, 5.41) is 9.50. The lowest BCUT2D eigenvalue weighted by molar-refractivity contribution is -0.0155. The lowest BCUT2D eigenvalue weighted by Crippen LogP contribution is -2.47. The third kappa shape index (κ3) is 4.05. The number of nitrogens with zero attached hydrogens (tertiary/aromatic N) is 4. The first-order valence-electron chi connectivity index (χ1n) is 7.47. The molecule has 1 atom stereocenters. The molecular formula is C14H19N5O3S. The summed E-state index contributed by atoms with van der Waals surface area (Å²) in [5.74, 6) is 1.13. The third-order valence-electron chi connectivity index (χ3n) is 3.45. The minimum atomic E-state index is -0.146. The van der Waals surface area contributed by atoms with Gasteiger partial charge in [0.2, 0.25) is 5.89 Å². The van der Waals surface area contributed by atoms with Gasteiger partial charge in [0.15, 0.2) is 5.82 Å². The number of morpholine rings is 1. The van der Waals surface area contributed by atoms with Crippen LogP contribution < -0.4 is 5.32 Å². The third-order valence-corrected chi connectivity index (χ3v) is 4.51. The number of aryl methyl sites for hydroxylation is 2. The summed E-state index contributed by atoms with van der Waals surface area (Å²) in [6.45, 7) is 5.77. The summed E-state index contributed by atoms with van der Waals surface area (Å²) in [6, 6.07) is -0.109. The molecule has 2 aromatic heterocycles. The van der Waals surface area contributed by atoms with Crippen LogP contribution in [0.15, 0.2) is 9.90 Å². The Bertz CT molecular complexity index is 671. The topological polar surface area (TPSA) is 93.4 Å². The second kappa shape index (κ2) is 7.05. The zero-order chi connectivity index (χ0) is 16.2. The molecule has 8 nitrogen and oxygen atoms in total. The first-order chi connectivity index (χ1) is 11.1. The Morgan fingerprint density at radius 3 is 3.04 bits per heavy atom. The molecule has 23 heavy (non-hydrogen) atoms. The van der Waals surface area contributed by atoms with Gasteiger partial charge in [0.25, 0.3) is 0 Å². The van der Waals surface area contributed by atoms with Crippen molar-refractivity contribution in [3.8, 4) is 0 Å². The van der Waals surface area contributed by atoms with E-state index in [9.17, 15) is 4.79 Å². The Balaban J connectivity index is 1.48. The quantitative estimate of drug-likeness (QED) is 0.908. The van der Waals surface area contributed by atoms with E-state index in [0.717, 1.165) is 10.7 Å². The molecule has 0 aromatic carbocycles. The standard InChI is InChI=1S/C14H19N5O3S/c1-9-8-23-13(16-9)11-7-19(5-6-21-11)14(20)15-4-3-12-17-10(2)18-22-12/h8,11H,3-7H2,1-2H3,(H,15,20)/t11-/m1/s1. The number of carbonyl (C=O) groups excluding carboxylic acids is 1. The fourth-order valence-corrected chi connectivity index (χ4v) is 3.17. The molecule has 1 fully saturated rings. The molecule has 9 heteroatoms. The molecule has 0 unspecified atom stereocenters. The number of hydrogen-bond acceptors (Lipinski definition) is 7. The van der Waals surface area contributed by atoms with Gasteiger partial charge in [-0.3, -0.25) is 0 Å². The van der Waals surface area contributed by atoms with Gasteiger partial charge in [-0.1, -0.05) is 5.16 Å². The van der Waals surface area contributed by atoms with E-state index in [-0.39, 0.29) is 12.1 Å². The number of carbonyl (C=O) groups is 1. The van der Waals surface area contributed by atoms with Crippen LogP contribution in [0.5, 0.6) is 0 Å². The van der Waals surface area contributed by atoms with Gasteiger partial charge in [-0.2, -0.15) is 4.98 Å². The number of nitrogens with one attached hydrogen (secondary N) is 1. The Kier molecular flexibility index (Phi) is 4.87. The van der Waals surface area contributed by atoms with Crippen LogP contribution in [0.4, 0.5) is 4.79 Å². The highest BCUT2D eigenvalue weighted by molar-refractivity contribution is 7.09. The largest absolute Gasteiger partial charge is 0.367 e. The summed E-state index contributed by atoms with van der Waals surface area (Å²) in [4.78, 5) is 22.5. The van der Waals surface area contributed by atoms with E-state index in [1.165, 1.54) is 0 Å². The van der Waals surface area contributed by atoms with Crippen molar-refractivity contribution in [1.29, 1.82) is 0 Å². The molecule has 0 saturated carbocycles. The van der Waals surface area contributed by atoms with Crippen LogP contribution in [-0.2, 0) is 11.2 Å². The smallest absolute Gasteiger partial charge is 0.317 e. The van der Waals surface area contributed by atoms with E-state index < -0.39 is 0 Å². The monoisotopic (exact) mass is 337 g/mol. The zero-order valence-corrected chi connectivity index (χ0v) is 13.9. The van der Waals surface area contributed by atoms with Crippen molar-refractivity contribution in [3.05, 3.63) is 27.8 Å². The molecule has 0 spiro atoms. The van der Waals surface area contributed by atoms with Gasteiger partial charge in [-0.25, -0.2) is 9.78 Å². The summed E-state index contributed by atoms with van der Waals surface area (Å²) in [5.41, 5.74) is 0.977. The van der Waals surface area contributed by atoms with E-state index in [4.69, 9.17) is 9.26 Å². The van der Waals surface area contributed by atoms with E-state index in [1.807, 2.05) is 12.3 Å². The Morgan fingerprint density at radius 2 is 2.35 bits per heavy atom. The number of thiazole rings is 1. The molecule has 0 bridgehead atoms. The van der Waals surface area contributed by atoms with Crippen LogP contribution in [0.2, 0.25) is 0 Å². The van der Waals surface area contributed by atoms with Crippen LogP contribution in [0, 0.1) is 13.8 Å². The van der Waals surface area contributed by atoms with Gasteiger partial charge in [-0.05, 0) is 13.8 Å². The maximum Gasteiger partial charge on any atom is 0.317 e. The number of amides is 2. The maximum atomic E-state index is 12.3. The van der Waals surface area contributed by atoms with E-state index in [2.05, 4.69) is 20.4 Å². The fourth-order valence-electron chi connectivity index (χ4n) is 2.33. The zero-order valence-electron chi connectivity index (χ0n) is 13.1. The van der Waals surface area contributed by atoms with Gasteiger partial charge < -0.3 is 19.5 Å². The highest BCUT2D eigenvalue weighted by Crippen LogP contribution is 2.25. The first kappa shape index (κ1) is 15.9. The molecule has 1 aliphatic heterocycles. The van der Waals surface area contributed by atoms with Crippen LogP contribution in [0.25, 0.3) is 0 Å². The number of urea groups is 1. The second-order valence-corrected chi connectivity index (χ2v) is 6.24. The molecule has 3 rings (SSSR count). The number of ether oxygens (including phenoxy) is 1. The average molecular weight is 337 g/mol. The maximum absolute atomic E-state index is 12.3. The molecule has 0 radical (unpaired) electrons. The highest BCUT2D eigenvalue weighted by Gasteiger charge is 2.27. The fraction of sp³-hybridized carbons (Fsp3) is 0.571. The van der Waals surface area contributed by atoms with Crippen LogP contribution in [0.3, 0.4) is 0 Å². The Labute approximate surface area is 137 Å². The van der Waals surface area contributed by atoms with Crippen LogP contribution in [0.1, 0.15) is 28.5 Å². The lowest BCUT2D eigenvalue weighted by atomic mass is 10.3. The van der Waals surface area contributed by atoms with Crippen molar-refractivity contribution in [2.75, 3.05) is 26.2 Å². The van der Waals surface area contributed by atoms with E-state index >= 15 is 0 Å². The number of hydrogen-bond donors (Lipinski definition) is 1. The summed E-state index contributed by atoms with van der Waals surface area (Å²) in [7, 11) is 0. The normalized spacial score (nSPS) is 18.2. The average Bonchev–Trinajstić information content (AvgIpc) is 3.16. The van der Waals surface area contributed by atoms with Crippen molar-refractivity contribution in [2.45, 2.75) is 26.4 Å². The van der Waals surface area contributed by atoms with Gasteiger partial charge in [0, 0.05) is 30.6 Å². The SMILES string of the molecule is Cc1csc([C@H]2CN(C(=O)NCCc3nc(C)no3)CCO2)n1. The molecule has 0 aliphatic carbocycles. The number of aromatic nitrogens is 3. The molecule has 1 N–H and O–H groups in total. The minimum absolute atomic E-state index is 0.109. The predicted molar refractivity (Wildman–Crippen MR) is 83.3 cm³/mol. The predicted octanol–water partition coefficient (Wildman–Crippen LogP) is 1.47. The van der Waals surface area contributed by atoms with Crippen LogP contribution in [-0.4, -0.2) is 52.3 Å². The van der Waals surface area contributed by atoms with E-state index in [1.54, 1.807) is 23.2 Å². The summed E-state index contributed by atoms with van der Waals surface area (Å²) >= 11 is 1.57. The lowest BCUT2D eigenvalue weighted by Gasteiger charge is -2.32. The van der Waals surface area contributed by atoms with Gasteiger partial charge in [0.05, 0.1) is 13.2 Å². The molecule has 1 aliphatic rings. The van der Waals surface area contributed by atoms with Crippen molar-refractivity contribution < 1.29 is 14.1 Å². The Hall–Kier alpha value is -2.00. The minimum Gasteiger partial charge on any atom is -0.367 e. The van der Waals surface area contributed by atoms with Gasteiger partial charge >= 0.3 is 6.03 Å². The molecule has 124 valence electrons. The number of rotatable bonds is 4.